The zero-order valence-corrected chi connectivity index (χ0v) is 14.7. The first-order valence-corrected chi connectivity index (χ1v) is 9.05. The lowest BCUT2D eigenvalue weighted by Gasteiger charge is -2.29. The number of pyridine rings is 1. The summed E-state index contributed by atoms with van der Waals surface area (Å²) in [5.74, 6) is 0.630. The van der Waals surface area contributed by atoms with Crippen molar-refractivity contribution in [2.75, 3.05) is 11.4 Å². The van der Waals surface area contributed by atoms with Crippen LogP contribution in [0.4, 0.5) is 5.95 Å². The molecule has 2 aromatic heterocycles. The average molecular weight is 354 g/mol. The number of H-pyrrole nitrogens is 1. The van der Waals surface area contributed by atoms with Gasteiger partial charge in [0.15, 0.2) is 0 Å². The number of aromatic nitrogens is 3. The van der Waals surface area contributed by atoms with E-state index < -0.39 is 0 Å². The zero-order chi connectivity index (χ0) is 18.2. The molecule has 0 spiro atoms. The summed E-state index contributed by atoms with van der Waals surface area (Å²) in [6.07, 6.45) is 4.45. The van der Waals surface area contributed by atoms with Crippen molar-refractivity contribution in [1.82, 2.24) is 15.0 Å². The van der Waals surface area contributed by atoms with Crippen LogP contribution in [0.5, 0.6) is 0 Å². The molecule has 5 heteroatoms. The predicted molar refractivity (Wildman–Crippen MR) is 107 cm³/mol. The molecule has 4 aromatic rings. The van der Waals surface area contributed by atoms with Gasteiger partial charge in [-0.15, -0.1) is 0 Å². The van der Waals surface area contributed by atoms with Gasteiger partial charge in [0.2, 0.25) is 5.95 Å². The molecule has 0 radical (unpaired) electrons. The molecule has 132 valence electrons. The topological polar surface area (TPSA) is 61.9 Å². The Morgan fingerprint density at radius 2 is 1.85 bits per heavy atom. The van der Waals surface area contributed by atoms with Crippen molar-refractivity contribution in [3.8, 4) is 11.1 Å². The fourth-order valence-corrected chi connectivity index (χ4v) is 3.77. The van der Waals surface area contributed by atoms with Gasteiger partial charge in [-0.25, -0.2) is 4.98 Å². The van der Waals surface area contributed by atoms with Crippen LogP contribution >= 0.6 is 0 Å². The highest BCUT2D eigenvalue weighted by Crippen LogP contribution is 2.27. The summed E-state index contributed by atoms with van der Waals surface area (Å²) in [4.78, 5) is 27.0. The van der Waals surface area contributed by atoms with Crippen LogP contribution in [0.15, 0.2) is 71.8 Å². The Bertz CT molecular complexity index is 1180. The molecule has 5 nitrogen and oxygen atoms in total. The summed E-state index contributed by atoms with van der Waals surface area (Å²) in [5, 5.41) is 0.603. The molecule has 0 bridgehead atoms. The lowest BCUT2D eigenvalue weighted by atomic mass is 10.0. The molecular weight excluding hydrogens is 336 g/mol. The molecule has 0 saturated heterocycles. The molecule has 1 aliphatic rings. The Kier molecular flexibility index (Phi) is 3.71. The number of anilines is 1. The van der Waals surface area contributed by atoms with Gasteiger partial charge < -0.3 is 4.90 Å². The third-order valence-electron chi connectivity index (χ3n) is 5.12. The summed E-state index contributed by atoms with van der Waals surface area (Å²) in [7, 11) is 0. The number of hydrogen-bond acceptors (Lipinski definition) is 4. The minimum absolute atomic E-state index is 0.117. The summed E-state index contributed by atoms with van der Waals surface area (Å²) in [5.41, 5.74) is 5.01. The highest BCUT2D eigenvalue weighted by atomic mass is 16.1. The van der Waals surface area contributed by atoms with Gasteiger partial charge in [0.25, 0.3) is 5.56 Å². The lowest BCUT2D eigenvalue weighted by molar-refractivity contribution is 0.708. The molecule has 0 saturated carbocycles. The van der Waals surface area contributed by atoms with E-state index in [1.807, 2.05) is 30.3 Å². The first-order valence-electron chi connectivity index (χ1n) is 9.05. The Morgan fingerprint density at radius 1 is 0.963 bits per heavy atom. The largest absolute Gasteiger partial charge is 0.338 e. The number of rotatable bonds is 2. The number of aromatic amines is 1. The fraction of sp³-hybridized carbons (Fsp3) is 0.136. The van der Waals surface area contributed by atoms with Crippen LogP contribution < -0.4 is 10.5 Å². The number of benzene rings is 2. The Balaban J connectivity index is 1.60. The highest BCUT2D eigenvalue weighted by molar-refractivity contribution is 5.94. The van der Waals surface area contributed by atoms with Gasteiger partial charge in [-0.3, -0.25) is 14.8 Å². The second-order valence-corrected chi connectivity index (χ2v) is 6.77. The minimum Gasteiger partial charge on any atom is -0.338 e. The predicted octanol–water partition coefficient (Wildman–Crippen LogP) is 3.55. The average Bonchev–Trinajstić information content (AvgIpc) is 2.73. The summed E-state index contributed by atoms with van der Waals surface area (Å²) < 4.78 is 0. The smallest absolute Gasteiger partial charge is 0.260 e. The van der Waals surface area contributed by atoms with Crippen molar-refractivity contribution >= 4 is 16.9 Å². The summed E-state index contributed by atoms with van der Waals surface area (Å²) >= 11 is 0. The van der Waals surface area contributed by atoms with Crippen LogP contribution in [-0.2, 0) is 13.0 Å². The van der Waals surface area contributed by atoms with E-state index in [1.165, 1.54) is 11.1 Å². The molecule has 2 aromatic carbocycles. The van der Waals surface area contributed by atoms with Crippen LogP contribution in [0.2, 0.25) is 0 Å². The Morgan fingerprint density at radius 3 is 2.70 bits per heavy atom. The van der Waals surface area contributed by atoms with E-state index in [0.29, 0.717) is 16.9 Å². The first kappa shape index (κ1) is 15.8. The maximum atomic E-state index is 12.9. The molecule has 0 amide bonds. The van der Waals surface area contributed by atoms with Crippen LogP contribution in [0.1, 0.15) is 11.1 Å². The van der Waals surface area contributed by atoms with Crippen molar-refractivity contribution in [3.05, 3.63) is 88.5 Å². The number of hydrogen-bond donors (Lipinski definition) is 1. The summed E-state index contributed by atoms with van der Waals surface area (Å²) in [6, 6.07) is 18.0. The van der Waals surface area contributed by atoms with Crippen molar-refractivity contribution < 1.29 is 0 Å². The van der Waals surface area contributed by atoms with Crippen molar-refractivity contribution in [3.63, 3.8) is 0 Å². The fourth-order valence-electron chi connectivity index (χ4n) is 3.77. The second kappa shape index (κ2) is 6.36. The molecule has 5 rings (SSSR count). The third-order valence-corrected chi connectivity index (χ3v) is 5.12. The van der Waals surface area contributed by atoms with E-state index in [4.69, 9.17) is 4.98 Å². The molecule has 1 aliphatic heterocycles. The van der Waals surface area contributed by atoms with E-state index in [2.05, 4.69) is 39.1 Å². The number of fused-ring (bicyclic) bond motifs is 2. The maximum Gasteiger partial charge on any atom is 0.260 e. The molecule has 3 heterocycles. The normalized spacial score (nSPS) is 13.6. The molecule has 0 unspecified atom stereocenters. The van der Waals surface area contributed by atoms with Crippen LogP contribution in [0, 0.1) is 0 Å². The second-order valence-electron chi connectivity index (χ2n) is 6.77. The van der Waals surface area contributed by atoms with Crippen molar-refractivity contribution in [1.29, 1.82) is 0 Å². The van der Waals surface area contributed by atoms with Crippen LogP contribution in [0.25, 0.3) is 22.0 Å². The first-order chi connectivity index (χ1) is 13.3. The van der Waals surface area contributed by atoms with Gasteiger partial charge in [0, 0.05) is 31.0 Å². The number of nitrogens with one attached hydrogen (secondary N) is 1. The minimum atomic E-state index is -0.117. The van der Waals surface area contributed by atoms with E-state index >= 15 is 0 Å². The van der Waals surface area contributed by atoms with E-state index in [1.54, 1.807) is 12.4 Å². The molecule has 0 fully saturated rings. The van der Waals surface area contributed by atoms with Gasteiger partial charge in [-0.2, -0.15) is 0 Å². The Labute approximate surface area is 156 Å². The number of nitrogens with zero attached hydrogens (tertiary/aromatic N) is 3. The highest BCUT2D eigenvalue weighted by Gasteiger charge is 2.19. The van der Waals surface area contributed by atoms with Gasteiger partial charge in [0.05, 0.1) is 10.9 Å². The maximum absolute atomic E-state index is 12.9. The van der Waals surface area contributed by atoms with Gasteiger partial charge in [-0.05, 0) is 35.2 Å². The standard InChI is InChI=1S/C22H18N4O/c27-21-20-18(16-7-4-11-23-13-16)8-3-9-19(20)24-22(25-21)26-12-10-15-5-1-2-6-17(15)14-26/h1-9,11,13H,10,12,14H2,(H,24,25,27). The van der Waals surface area contributed by atoms with Gasteiger partial charge in [0.1, 0.15) is 0 Å². The van der Waals surface area contributed by atoms with Gasteiger partial charge >= 0.3 is 0 Å². The summed E-state index contributed by atoms with van der Waals surface area (Å²) in [6.45, 7) is 1.60. The van der Waals surface area contributed by atoms with E-state index in [-0.39, 0.29) is 5.56 Å². The Hall–Kier alpha value is -3.47. The zero-order valence-electron chi connectivity index (χ0n) is 14.7. The van der Waals surface area contributed by atoms with Crippen molar-refractivity contribution in [2.24, 2.45) is 0 Å². The molecule has 0 aliphatic carbocycles. The lowest BCUT2D eigenvalue weighted by Crippen LogP contribution is -2.33. The molecule has 0 atom stereocenters. The van der Waals surface area contributed by atoms with Gasteiger partial charge in [-0.1, -0.05) is 42.5 Å². The molecular formula is C22H18N4O. The van der Waals surface area contributed by atoms with Crippen LogP contribution in [-0.4, -0.2) is 21.5 Å². The quantitative estimate of drug-likeness (QED) is 0.598. The molecule has 1 N–H and O–H groups in total. The third kappa shape index (κ3) is 2.77. The van der Waals surface area contributed by atoms with Crippen LogP contribution in [0.3, 0.4) is 0 Å². The SMILES string of the molecule is O=c1[nH]c(N2CCc3ccccc3C2)nc2cccc(-c3cccnc3)c12. The monoisotopic (exact) mass is 354 g/mol. The molecule has 27 heavy (non-hydrogen) atoms. The van der Waals surface area contributed by atoms with Crippen molar-refractivity contribution in [2.45, 2.75) is 13.0 Å². The van der Waals surface area contributed by atoms with E-state index in [9.17, 15) is 4.79 Å². The van der Waals surface area contributed by atoms with E-state index in [0.717, 1.165) is 30.6 Å².